The highest BCUT2D eigenvalue weighted by Gasteiger charge is 2.39. The largest absolute Gasteiger partial charge is 0.343 e. The zero-order valence-electron chi connectivity index (χ0n) is 15.3. The van der Waals surface area contributed by atoms with Gasteiger partial charge >= 0.3 is 0 Å². The molecule has 1 amide bonds. The van der Waals surface area contributed by atoms with Crippen LogP contribution in [0.3, 0.4) is 0 Å². The highest BCUT2D eigenvalue weighted by molar-refractivity contribution is 7.90. The monoisotopic (exact) mass is 383 g/mol. The van der Waals surface area contributed by atoms with Crippen LogP contribution in [0.4, 0.5) is 5.69 Å². The molecule has 1 atom stereocenters. The molecule has 0 saturated carbocycles. The third-order valence-corrected chi connectivity index (χ3v) is 6.42. The lowest BCUT2D eigenvalue weighted by molar-refractivity contribution is -0.119. The van der Waals surface area contributed by atoms with Crippen molar-refractivity contribution in [3.63, 3.8) is 0 Å². The first kappa shape index (κ1) is 17.7. The summed E-state index contributed by atoms with van der Waals surface area (Å²) in [5.41, 5.74) is 3.42. The quantitative estimate of drug-likeness (QED) is 0.865. The number of amides is 1. The molecule has 1 N–H and O–H groups in total. The highest BCUT2D eigenvalue weighted by Crippen LogP contribution is 2.31. The van der Waals surface area contributed by atoms with Crippen molar-refractivity contribution >= 4 is 27.5 Å². The van der Waals surface area contributed by atoms with Crippen LogP contribution in [0.1, 0.15) is 29.5 Å². The Balaban J connectivity index is 1.64. The molecule has 27 heavy (non-hydrogen) atoms. The average molecular weight is 383 g/mol. The minimum atomic E-state index is -3.70. The van der Waals surface area contributed by atoms with Crippen LogP contribution >= 0.6 is 0 Å². The summed E-state index contributed by atoms with van der Waals surface area (Å²) >= 11 is 0. The molecule has 2 aliphatic heterocycles. The number of fused-ring (bicyclic) bond motifs is 1. The number of hydrogen-bond acceptors (Lipinski definition) is 4. The average Bonchev–Trinajstić information content (AvgIpc) is 3.21. The van der Waals surface area contributed by atoms with E-state index in [0.29, 0.717) is 24.4 Å². The Morgan fingerprint density at radius 2 is 1.96 bits per heavy atom. The van der Waals surface area contributed by atoms with E-state index in [1.54, 1.807) is 24.3 Å². The van der Waals surface area contributed by atoms with Gasteiger partial charge in [0.05, 0.1) is 0 Å². The molecule has 1 fully saturated rings. The number of benzene rings is 2. The van der Waals surface area contributed by atoms with Crippen LogP contribution in [0.5, 0.6) is 0 Å². The summed E-state index contributed by atoms with van der Waals surface area (Å²) in [6.07, 6.45) is 1.48. The minimum absolute atomic E-state index is 0.134. The molecular weight excluding hydrogens is 362 g/mol. The highest BCUT2D eigenvalue weighted by atomic mass is 32.2. The molecule has 6 nitrogen and oxygen atoms in total. The lowest BCUT2D eigenvalue weighted by Gasteiger charge is -2.26. The molecule has 140 valence electrons. The number of carbonyl (C=O) groups excluding carboxylic acids is 1. The van der Waals surface area contributed by atoms with Crippen LogP contribution < -0.4 is 5.32 Å². The summed E-state index contributed by atoms with van der Waals surface area (Å²) in [4.78, 5) is 15.0. The van der Waals surface area contributed by atoms with Crippen molar-refractivity contribution in [2.24, 2.45) is 4.40 Å². The Morgan fingerprint density at radius 1 is 1.19 bits per heavy atom. The van der Waals surface area contributed by atoms with Gasteiger partial charge in [0.25, 0.3) is 10.0 Å². The summed E-state index contributed by atoms with van der Waals surface area (Å²) in [6.45, 7) is 4.53. The first-order chi connectivity index (χ1) is 12.9. The lowest BCUT2D eigenvalue weighted by atomic mass is 10.1. The SMILES string of the molecule is Cc1ccc(C)c(NC(=O)[C@@H]2CCCN2C2=NS(=O)(=O)c3ccccc32)c1. The zero-order chi connectivity index (χ0) is 19.2. The van der Waals surface area contributed by atoms with Crippen LogP contribution in [0.2, 0.25) is 0 Å². The van der Waals surface area contributed by atoms with Gasteiger partial charge in [-0.2, -0.15) is 8.42 Å². The van der Waals surface area contributed by atoms with Crippen molar-refractivity contribution in [2.45, 2.75) is 37.6 Å². The van der Waals surface area contributed by atoms with Crippen LogP contribution in [-0.2, 0) is 14.8 Å². The van der Waals surface area contributed by atoms with E-state index in [1.807, 2.05) is 36.9 Å². The lowest BCUT2D eigenvalue weighted by Crippen LogP contribution is -2.43. The van der Waals surface area contributed by atoms with Gasteiger partial charge in [-0.3, -0.25) is 4.79 Å². The van der Waals surface area contributed by atoms with Crippen LogP contribution in [-0.4, -0.2) is 37.6 Å². The molecule has 7 heteroatoms. The molecule has 2 aliphatic rings. The van der Waals surface area contributed by atoms with Crippen LogP contribution in [0, 0.1) is 13.8 Å². The normalized spacial score (nSPS) is 20.3. The maximum Gasteiger partial charge on any atom is 0.285 e. The molecule has 2 heterocycles. The maximum atomic E-state index is 13.0. The molecule has 0 spiro atoms. The van der Waals surface area contributed by atoms with E-state index in [9.17, 15) is 13.2 Å². The van der Waals surface area contributed by atoms with E-state index in [4.69, 9.17) is 0 Å². The number of nitrogens with one attached hydrogen (secondary N) is 1. The number of sulfonamides is 1. The second-order valence-corrected chi connectivity index (χ2v) is 8.62. The number of aryl methyl sites for hydroxylation is 2. The Labute approximate surface area is 159 Å². The topological polar surface area (TPSA) is 78.8 Å². The van der Waals surface area contributed by atoms with E-state index in [0.717, 1.165) is 23.2 Å². The van der Waals surface area contributed by atoms with Crippen LogP contribution in [0.25, 0.3) is 0 Å². The predicted octanol–water partition coefficient (Wildman–Crippen LogP) is 2.86. The number of rotatable bonds is 2. The fourth-order valence-corrected chi connectivity index (χ4v) is 4.89. The van der Waals surface area contributed by atoms with Gasteiger partial charge in [-0.25, -0.2) is 0 Å². The number of amidine groups is 1. The van der Waals surface area contributed by atoms with Crippen molar-refractivity contribution in [3.8, 4) is 0 Å². The van der Waals surface area contributed by atoms with Gasteiger partial charge in [-0.1, -0.05) is 24.3 Å². The van der Waals surface area contributed by atoms with Gasteiger partial charge in [0, 0.05) is 17.8 Å². The molecule has 0 aromatic heterocycles. The number of likely N-dealkylation sites (tertiary alicyclic amines) is 1. The molecule has 0 unspecified atom stereocenters. The van der Waals surface area contributed by atoms with Gasteiger partial charge in [0.15, 0.2) is 5.84 Å². The summed E-state index contributed by atoms with van der Waals surface area (Å²) in [5.74, 6) is 0.245. The second-order valence-electron chi connectivity index (χ2n) is 7.05. The third kappa shape index (κ3) is 3.12. The first-order valence-corrected chi connectivity index (χ1v) is 10.4. The van der Waals surface area contributed by atoms with Gasteiger partial charge in [-0.15, -0.1) is 4.40 Å². The summed E-state index contributed by atoms with van der Waals surface area (Å²) < 4.78 is 28.7. The number of nitrogens with zero attached hydrogens (tertiary/aromatic N) is 2. The summed E-state index contributed by atoms with van der Waals surface area (Å²) in [5, 5.41) is 3.01. The molecule has 0 radical (unpaired) electrons. The molecule has 0 aliphatic carbocycles. The summed E-state index contributed by atoms with van der Waals surface area (Å²) in [6, 6.07) is 12.3. The molecular formula is C20H21N3O3S. The predicted molar refractivity (Wildman–Crippen MR) is 104 cm³/mol. The van der Waals surface area contributed by atoms with Gasteiger partial charge < -0.3 is 10.2 Å². The number of anilines is 1. The fraction of sp³-hybridized carbons (Fsp3) is 0.300. The zero-order valence-corrected chi connectivity index (χ0v) is 16.1. The van der Waals surface area contributed by atoms with E-state index < -0.39 is 16.1 Å². The first-order valence-electron chi connectivity index (χ1n) is 8.96. The number of carbonyl (C=O) groups is 1. The van der Waals surface area contributed by atoms with Gasteiger partial charge in [-0.05, 0) is 56.0 Å². The van der Waals surface area contributed by atoms with Gasteiger partial charge in [0.1, 0.15) is 10.9 Å². The van der Waals surface area contributed by atoms with E-state index in [2.05, 4.69) is 9.71 Å². The molecule has 2 aromatic rings. The Kier molecular flexibility index (Phi) is 4.26. The smallest absolute Gasteiger partial charge is 0.285 e. The maximum absolute atomic E-state index is 13.0. The van der Waals surface area contributed by atoms with Crippen molar-refractivity contribution in [2.75, 3.05) is 11.9 Å². The Bertz CT molecular complexity index is 1060. The van der Waals surface area contributed by atoms with Gasteiger partial charge in [0.2, 0.25) is 5.91 Å². The van der Waals surface area contributed by atoms with E-state index in [1.165, 1.54) is 0 Å². The Morgan fingerprint density at radius 3 is 2.78 bits per heavy atom. The molecule has 0 bridgehead atoms. The number of hydrogen-bond donors (Lipinski definition) is 1. The van der Waals surface area contributed by atoms with Crippen molar-refractivity contribution in [3.05, 3.63) is 59.2 Å². The van der Waals surface area contributed by atoms with Crippen molar-refractivity contribution in [1.82, 2.24) is 4.90 Å². The third-order valence-electron chi connectivity index (χ3n) is 5.09. The van der Waals surface area contributed by atoms with E-state index in [-0.39, 0.29) is 10.8 Å². The van der Waals surface area contributed by atoms with E-state index >= 15 is 0 Å². The Hall–Kier alpha value is -2.67. The molecule has 4 rings (SSSR count). The van der Waals surface area contributed by atoms with Crippen molar-refractivity contribution in [1.29, 1.82) is 0 Å². The fourth-order valence-electron chi connectivity index (χ4n) is 3.67. The summed E-state index contributed by atoms with van der Waals surface area (Å²) in [7, 11) is -3.70. The van der Waals surface area contributed by atoms with Crippen molar-refractivity contribution < 1.29 is 13.2 Å². The standard InChI is InChI=1S/C20H21N3O3S/c1-13-9-10-14(2)16(12-13)21-20(24)17-7-5-11-23(17)19-15-6-3-4-8-18(15)27(25,26)22-19/h3-4,6,8-10,12,17H,5,7,11H2,1-2H3,(H,21,24)/t17-/m0/s1. The van der Waals surface area contributed by atoms with Crippen LogP contribution in [0.15, 0.2) is 51.8 Å². The molecule has 1 saturated heterocycles. The minimum Gasteiger partial charge on any atom is -0.343 e. The second kappa shape index (κ2) is 6.49. The molecule has 2 aromatic carbocycles.